The molecule has 20 heavy (non-hydrogen) atoms. The number of carbonyl (C=O) groups is 1. The number of nitrogens with one attached hydrogen (secondary N) is 1. The highest BCUT2D eigenvalue weighted by atomic mass is 16.1. The van der Waals surface area contributed by atoms with Crippen molar-refractivity contribution in [2.75, 3.05) is 13.1 Å². The van der Waals surface area contributed by atoms with Crippen molar-refractivity contribution in [2.45, 2.75) is 77.6 Å². The van der Waals surface area contributed by atoms with Crippen LogP contribution in [0.5, 0.6) is 0 Å². The second-order valence-electron chi connectivity index (χ2n) is 5.52. The predicted octanol–water partition coefficient (Wildman–Crippen LogP) is 2.46. The zero-order valence-corrected chi connectivity index (χ0v) is 13.2. The van der Waals surface area contributed by atoms with Crippen molar-refractivity contribution < 1.29 is 4.79 Å². The molecule has 0 fully saturated rings. The number of rotatable bonds is 14. The van der Waals surface area contributed by atoms with Crippen molar-refractivity contribution in [2.24, 2.45) is 11.7 Å². The van der Waals surface area contributed by atoms with Gasteiger partial charge in [0.15, 0.2) is 0 Å². The summed E-state index contributed by atoms with van der Waals surface area (Å²) < 4.78 is 0. The number of unbranched alkanes of at least 4 members (excludes halogenated alkanes) is 8. The Balaban J connectivity index is 3.15. The lowest BCUT2D eigenvalue weighted by Crippen LogP contribution is -2.40. The van der Waals surface area contributed by atoms with Gasteiger partial charge < -0.3 is 5.32 Å². The van der Waals surface area contributed by atoms with Gasteiger partial charge in [0.05, 0.1) is 0 Å². The maximum Gasteiger partial charge on any atom is 0.219 e. The predicted molar refractivity (Wildman–Crippen MR) is 84.6 cm³/mol. The van der Waals surface area contributed by atoms with E-state index in [1.54, 1.807) is 0 Å². The van der Waals surface area contributed by atoms with E-state index >= 15 is 0 Å². The Morgan fingerprint density at radius 2 is 1.45 bits per heavy atom. The van der Waals surface area contributed by atoms with Crippen molar-refractivity contribution >= 4 is 5.91 Å². The van der Waals surface area contributed by atoms with E-state index in [9.17, 15) is 4.79 Å². The molecule has 0 rings (SSSR count). The Hall–Kier alpha value is -0.650. The number of amides is 1. The maximum absolute atomic E-state index is 11.5. The molecule has 0 saturated heterocycles. The summed E-state index contributed by atoms with van der Waals surface area (Å²) >= 11 is 0. The molecule has 5 nitrogen and oxygen atoms in total. The molecule has 0 unspecified atom stereocenters. The van der Waals surface area contributed by atoms with Crippen LogP contribution in [0.1, 0.15) is 77.6 Å². The van der Waals surface area contributed by atoms with Gasteiger partial charge in [0.25, 0.3) is 0 Å². The molecule has 0 aliphatic carbocycles. The standard InChI is InChI=1S/C15H34N4O/c1-2-3-4-5-6-7-8-9-10-12-15(20)18-13-11-14-19(16)17/h2-14,16-17H2,1H3,(H,18,20). The average Bonchev–Trinajstić information content (AvgIpc) is 2.41. The van der Waals surface area contributed by atoms with Crippen molar-refractivity contribution in [1.29, 1.82) is 0 Å². The van der Waals surface area contributed by atoms with Crippen LogP contribution in [0.25, 0.3) is 0 Å². The van der Waals surface area contributed by atoms with E-state index < -0.39 is 0 Å². The first-order valence-electron chi connectivity index (χ1n) is 8.20. The molecule has 0 aromatic heterocycles. The van der Waals surface area contributed by atoms with Gasteiger partial charge in [-0.3, -0.25) is 16.5 Å². The molecule has 120 valence electrons. The van der Waals surface area contributed by atoms with Gasteiger partial charge in [-0.25, -0.2) is 0 Å². The molecule has 0 aliphatic heterocycles. The van der Waals surface area contributed by atoms with Crippen LogP contribution in [0.4, 0.5) is 0 Å². The van der Waals surface area contributed by atoms with Gasteiger partial charge in [-0.05, 0) is 12.8 Å². The van der Waals surface area contributed by atoms with Gasteiger partial charge in [-0.1, -0.05) is 58.3 Å². The van der Waals surface area contributed by atoms with E-state index in [4.69, 9.17) is 11.7 Å². The Kier molecular flexibility index (Phi) is 14.3. The molecule has 0 heterocycles. The van der Waals surface area contributed by atoms with E-state index in [1.807, 2.05) is 0 Å². The summed E-state index contributed by atoms with van der Waals surface area (Å²) in [5, 5.41) is 4.03. The van der Waals surface area contributed by atoms with Crippen LogP contribution in [0, 0.1) is 0 Å². The van der Waals surface area contributed by atoms with E-state index in [2.05, 4.69) is 12.2 Å². The first kappa shape index (κ1) is 19.4. The molecule has 0 aromatic carbocycles. The van der Waals surface area contributed by atoms with Gasteiger partial charge in [0.1, 0.15) is 0 Å². The molecule has 0 radical (unpaired) electrons. The molecular formula is C15H34N4O. The third-order valence-corrected chi connectivity index (χ3v) is 3.42. The summed E-state index contributed by atoms with van der Waals surface area (Å²) in [6.45, 7) is 3.49. The van der Waals surface area contributed by atoms with Gasteiger partial charge in [-0.15, -0.1) is 0 Å². The molecule has 5 N–H and O–H groups in total. The van der Waals surface area contributed by atoms with E-state index in [0.29, 0.717) is 19.5 Å². The van der Waals surface area contributed by atoms with Gasteiger partial charge in [-0.2, -0.15) is 5.12 Å². The highest BCUT2D eigenvalue weighted by molar-refractivity contribution is 5.75. The molecule has 0 bridgehead atoms. The van der Waals surface area contributed by atoms with Crippen molar-refractivity contribution in [1.82, 2.24) is 10.4 Å². The SMILES string of the molecule is CCCCCCCCCCCC(=O)NCCCN(N)N. The van der Waals surface area contributed by atoms with Crippen molar-refractivity contribution in [3.8, 4) is 0 Å². The van der Waals surface area contributed by atoms with Crippen molar-refractivity contribution in [3.63, 3.8) is 0 Å². The quantitative estimate of drug-likeness (QED) is 0.260. The molecule has 0 aliphatic rings. The van der Waals surface area contributed by atoms with Gasteiger partial charge in [0, 0.05) is 19.5 Å². The molecule has 0 aromatic rings. The second kappa shape index (κ2) is 14.8. The smallest absolute Gasteiger partial charge is 0.219 e. The first-order valence-corrected chi connectivity index (χ1v) is 8.20. The molecule has 1 amide bonds. The minimum absolute atomic E-state index is 0.147. The Labute approximate surface area is 124 Å². The lowest BCUT2D eigenvalue weighted by Gasteiger charge is -2.09. The zero-order valence-electron chi connectivity index (χ0n) is 13.2. The Morgan fingerprint density at radius 3 is 2.00 bits per heavy atom. The number of hydrazine groups is 2. The van der Waals surface area contributed by atoms with Crippen LogP contribution in [-0.2, 0) is 4.79 Å². The van der Waals surface area contributed by atoms with E-state index in [0.717, 1.165) is 18.0 Å². The fourth-order valence-electron chi connectivity index (χ4n) is 2.17. The number of nitrogens with two attached hydrogens (primary N) is 2. The lowest BCUT2D eigenvalue weighted by atomic mass is 10.1. The van der Waals surface area contributed by atoms with E-state index in [-0.39, 0.29) is 5.91 Å². The molecule has 0 spiro atoms. The van der Waals surface area contributed by atoms with Crippen LogP contribution in [0.2, 0.25) is 0 Å². The summed E-state index contributed by atoms with van der Waals surface area (Å²) in [4.78, 5) is 11.5. The molecule has 0 saturated carbocycles. The average molecular weight is 286 g/mol. The highest BCUT2D eigenvalue weighted by Gasteiger charge is 2.00. The Bertz CT molecular complexity index is 222. The fraction of sp³-hybridized carbons (Fsp3) is 0.933. The van der Waals surface area contributed by atoms with Crippen molar-refractivity contribution in [3.05, 3.63) is 0 Å². The fourth-order valence-corrected chi connectivity index (χ4v) is 2.17. The second-order valence-corrected chi connectivity index (χ2v) is 5.52. The highest BCUT2D eigenvalue weighted by Crippen LogP contribution is 2.10. The third-order valence-electron chi connectivity index (χ3n) is 3.42. The minimum atomic E-state index is 0.147. The van der Waals surface area contributed by atoms with Crippen LogP contribution in [0.15, 0.2) is 0 Å². The monoisotopic (exact) mass is 286 g/mol. The summed E-state index contributed by atoms with van der Waals surface area (Å²) in [5.74, 6) is 10.7. The van der Waals surface area contributed by atoms with Gasteiger partial charge in [0.2, 0.25) is 5.91 Å². The number of carbonyl (C=O) groups excluding carboxylic acids is 1. The topological polar surface area (TPSA) is 84.4 Å². The summed E-state index contributed by atoms with van der Waals surface area (Å²) in [5.41, 5.74) is 0. The number of nitrogens with zero attached hydrogens (tertiary/aromatic N) is 1. The van der Waals surface area contributed by atoms with Crippen LogP contribution < -0.4 is 17.0 Å². The van der Waals surface area contributed by atoms with Crippen LogP contribution in [-0.4, -0.2) is 24.1 Å². The minimum Gasteiger partial charge on any atom is -0.356 e. The molecular weight excluding hydrogens is 252 g/mol. The summed E-state index contributed by atoms with van der Waals surface area (Å²) in [6.07, 6.45) is 12.9. The Morgan fingerprint density at radius 1 is 0.900 bits per heavy atom. The van der Waals surface area contributed by atoms with E-state index in [1.165, 1.54) is 51.4 Å². The molecule has 5 heteroatoms. The summed E-state index contributed by atoms with van der Waals surface area (Å²) in [6, 6.07) is 0. The number of hydrogen-bond donors (Lipinski definition) is 3. The van der Waals surface area contributed by atoms with Crippen LogP contribution >= 0.6 is 0 Å². The first-order chi connectivity index (χ1) is 9.66. The molecule has 0 atom stereocenters. The zero-order chi connectivity index (χ0) is 15.1. The summed E-state index contributed by atoms with van der Waals surface area (Å²) in [7, 11) is 0. The number of hydrogen-bond acceptors (Lipinski definition) is 4. The van der Waals surface area contributed by atoms with Gasteiger partial charge >= 0.3 is 0 Å². The lowest BCUT2D eigenvalue weighted by molar-refractivity contribution is -0.121. The van der Waals surface area contributed by atoms with Crippen LogP contribution in [0.3, 0.4) is 0 Å². The maximum atomic E-state index is 11.5. The largest absolute Gasteiger partial charge is 0.356 e. The normalized spacial score (nSPS) is 11.0. The third kappa shape index (κ3) is 15.4.